The first kappa shape index (κ1) is 13.3. The maximum atomic E-state index is 13.0. The zero-order chi connectivity index (χ0) is 13.1. The molecule has 100 valence electrons. The van der Waals surface area contributed by atoms with Crippen LogP contribution < -0.4 is 0 Å². The van der Waals surface area contributed by atoms with Gasteiger partial charge in [0.1, 0.15) is 11.6 Å². The average Bonchev–Trinajstić information content (AvgIpc) is 2.53. The van der Waals surface area contributed by atoms with Gasteiger partial charge in [0.2, 0.25) is 0 Å². The van der Waals surface area contributed by atoms with Crippen molar-refractivity contribution >= 4 is 0 Å². The van der Waals surface area contributed by atoms with Crippen molar-refractivity contribution in [3.63, 3.8) is 0 Å². The standard InChI is InChI=1S/C14H21FN2O/c1-11(13-5-4-12(15)10-14(13)18)17-7-3-6-16(2)8-9-17/h4-5,10-11,18H,3,6-9H2,1-2H3. The molecular weight excluding hydrogens is 231 g/mol. The highest BCUT2D eigenvalue weighted by Gasteiger charge is 2.21. The lowest BCUT2D eigenvalue weighted by Crippen LogP contribution is -2.31. The van der Waals surface area contributed by atoms with Crippen LogP contribution in [-0.2, 0) is 0 Å². The van der Waals surface area contributed by atoms with E-state index in [4.69, 9.17) is 0 Å². The molecule has 0 spiro atoms. The van der Waals surface area contributed by atoms with Gasteiger partial charge in [-0.15, -0.1) is 0 Å². The van der Waals surface area contributed by atoms with Gasteiger partial charge >= 0.3 is 0 Å². The van der Waals surface area contributed by atoms with Crippen molar-refractivity contribution in [2.45, 2.75) is 19.4 Å². The number of aromatic hydroxyl groups is 1. The van der Waals surface area contributed by atoms with E-state index in [-0.39, 0.29) is 17.6 Å². The fourth-order valence-electron chi connectivity index (χ4n) is 2.52. The maximum Gasteiger partial charge on any atom is 0.126 e. The zero-order valence-electron chi connectivity index (χ0n) is 11.1. The molecule has 1 atom stereocenters. The predicted octanol–water partition coefficient (Wildman–Crippen LogP) is 2.23. The van der Waals surface area contributed by atoms with Crippen molar-refractivity contribution in [3.05, 3.63) is 29.6 Å². The second-order valence-corrected chi connectivity index (χ2v) is 5.07. The lowest BCUT2D eigenvalue weighted by molar-refractivity contribution is 0.213. The Balaban J connectivity index is 2.12. The number of likely N-dealkylation sites (N-methyl/N-ethyl adjacent to an activating group) is 1. The van der Waals surface area contributed by atoms with Gasteiger partial charge in [-0.2, -0.15) is 0 Å². The molecule has 3 nitrogen and oxygen atoms in total. The van der Waals surface area contributed by atoms with Crippen LogP contribution in [0.15, 0.2) is 18.2 Å². The third kappa shape index (κ3) is 3.00. The lowest BCUT2D eigenvalue weighted by Gasteiger charge is -2.28. The highest BCUT2D eigenvalue weighted by Crippen LogP contribution is 2.29. The van der Waals surface area contributed by atoms with Crippen molar-refractivity contribution in [2.24, 2.45) is 0 Å². The van der Waals surface area contributed by atoms with E-state index in [1.807, 2.05) is 0 Å². The lowest BCUT2D eigenvalue weighted by atomic mass is 10.1. The van der Waals surface area contributed by atoms with Crippen molar-refractivity contribution in [3.8, 4) is 5.75 Å². The summed E-state index contributed by atoms with van der Waals surface area (Å²) in [6.07, 6.45) is 1.13. The molecule has 0 aliphatic carbocycles. The van der Waals surface area contributed by atoms with Gasteiger partial charge in [-0.3, -0.25) is 4.90 Å². The second-order valence-electron chi connectivity index (χ2n) is 5.07. The van der Waals surface area contributed by atoms with E-state index >= 15 is 0 Å². The first-order valence-corrected chi connectivity index (χ1v) is 6.49. The fourth-order valence-corrected chi connectivity index (χ4v) is 2.52. The van der Waals surface area contributed by atoms with E-state index in [0.29, 0.717) is 0 Å². The molecule has 0 amide bonds. The van der Waals surface area contributed by atoms with E-state index in [1.165, 1.54) is 12.1 Å². The Morgan fingerprint density at radius 3 is 2.72 bits per heavy atom. The minimum atomic E-state index is -0.390. The van der Waals surface area contributed by atoms with Gasteiger partial charge in [0, 0.05) is 37.3 Å². The van der Waals surface area contributed by atoms with Gasteiger partial charge < -0.3 is 10.0 Å². The number of hydrogen-bond acceptors (Lipinski definition) is 3. The van der Waals surface area contributed by atoms with Crippen LogP contribution in [0.5, 0.6) is 5.75 Å². The molecule has 1 heterocycles. The minimum Gasteiger partial charge on any atom is -0.508 e. The van der Waals surface area contributed by atoms with Crippen molar-refractivity contribution in [2.75, 3.05) is 33.2 Å². The smallest absolute Gasteiger partial charge is 0.126 e. The van der Waals surface area contributed by atoms with E-state index in [0.717, 1.165) is 38.2 Å². The third-order valence-corrected chi connectivity index (χ3v) is 3.74. The summed E-state index contributed by atoms with van der Waals surface area (Å²) in [4.78, 5) is 4.66. The van der Waals surface area contributed by atoms with Gasteiger partial charge in [0.05, 0.1) is 0 Å². The summed E-state index contributed by atoms with van der Waals surface area (Å²) in [5.74, 6) is -0.334. The molecule has 2 rings (SSSR count). The Labute approximate surface area is 108 Å². The molecule has 1 aliphatic heterocycles. The molecular formula is C14H21FN2O. The van der Waals surface area contributed by atoms with Crippen LogP contribution in [0.2, 0.25) is 0 Å². The molecule has 1 saturated heterocycles. The molecule has 1 fully saturated rings. The number of phenolic OH excluding ortho intramolecular Hbond substituents is 1. The molecule has 0 radical (unpaired) electrons. The molecule has 0 aromatic heterocycles. The number of phenols is 1. The van der Waals surface area contributed by atoms with Gasteiger partial charge in [-0.1, -0.05) is 6.07 Å². The Hall–Kier alpha value is -1.13. The van der Waals surface area contributed by atoms with Crippen LogP contribution in [-0.4, -0.2) is 48.1 Å². The van der Waals surface area contributed by atoms with E-state index in [9.17, 15) is 9.50 Å². The number of hydrogen-bond donors (Lipinski definition) is 1. The predicted molar refractivity (Wildman–Crippen MR) is 70.2 cm³/mol. The molecule has 1 aliphatic rings. The highest BCUT2D eigenvalue weighted by molar-refractivity contribution is 5.35. The van der Waals surface area contributed by atoms with E-state index in [1.54, 1.807) is 6.07 Å². The Morgan fingerprint density at radius 2 is 2.00 bits per heavy atom. The van der Waals surface area contributed by atoms with Crippen LogP contribution in [0.3, 0.4) is 0 Å². The van der Waals surface area contributed by atoms with Crippen LogP contribution in [0.1, 0.15) is 24.9 Å². The maximum absolute atomic E-state index is 13.0. The van der Waals surface area contributed by atoms with Crippen LogP contribution in [0, 0.1) is 5.82 Å². The van der Waals surface area contributed by atoms with Gasteiger partial charge in [-0.25, -0.2) is 4.39 Å². The molecule has 1 aromatic carbocycles. The third-order valence-electron chi connectivity index (χ3n) is 3.74. The first-order valence-electron chi connectivity index (χ1n) is 6.49. The molecule has 4 heteroatoms. The van der Waals surface area contributed by atoms with Crippen molar-refractivity contribution in [1.29, 1.82) is 0 Å². The molecule has 18 heavy (non-hydrogen) atoms. The monoisotopic (exact) mass is 252 g/mol. The van der Waals surface area contributed by atoms with Crippen LogP contribution in [0.25, 0.3) is 0 Å². The molecule has 1 unspecified atom stereocenters. The Bertz CT molecular complexity index is 411. The quantitative estimate of drug-likeness (QED) is 0.874. The number of rotatable bonds is 2. The molecule has 0 bridgehead atoms. The Morgan fingerprint density at radius 1 is 1.22 bits per heavy atom. The summed E-state index contributed by atoms with van der Waals surface area (Å²) in [5, 5.41) is 9.84. The van der Waals surface area contributed by atoms with Gasteiger partial charge in [0.15, 0.2) is 0 Å². The molecule has 1 N–H and O–H groups in total. The Kier molecular flexibility index (Phi) is 4.19. The SMILES string of the molecule is CC(c1ccc(F)cc1O)N1CCCN(C)CC1. The second kappa shape index (κ2) is 5.67. The summed E-state index contributed by atoms with van der Waals surface area (Å²) in [7, 11) is 2.13. The zero-order valence-corrected chi connectivity index (χ0v) is 11.1. The summed E-state index contributed by atoms with van der Waals surface area (Å²) in [6, 6.07) is 4.41. The highest BCUT2D eigenvalue weighted by atomic mass is 19.1. The van der Waals surface area contributed by atoms with Crippen molar-refractivity contribution in [1.82, 2.24) is 9.80 Å². The summed E-state index contributed by atoms with van der Waals surface area (Å²) < 4.78 is 13.0. The summed E-state index contributed by atoms with van der Waals surface area (Å²) in [5.41, 5.74) is 0.806. The van der Waals surface area contributed by atoms with Crippen molar-refractivity contribution < 1.29 is 9.50 Å². The van der Waals surface area contributed by atoms with Gasteiger partial charge in [0.25, 0.3) is 0 Å². The van der Waals surface area contributed by atoms with Gasteiger partial charge in [-0.05, 0) is 33.0 Å². The van der Waals surface area contributed by atoms with E-state index in [2.05, 4.69) is 23.8 Å². The molecule has 0 saturated carbocycles. The fraction of sp³-hybridized carbons (Fsp3) is 0.571. The molecule has 1 aromatic rings. The number of nitrogens with zero attached hydrogens (tertiary/aromatic N) is 2. The number of halogens is 1. The largest absolute Gasteiger partial charge is 0.508 e. The minimum absolute atomic E-state index is 0.0556. The van der Waals surface area contributed by atoms with E-state index < -0.39 is 0 Å². The first-order chi connectivity index (χ1) is 8.58. The van der Waals surface area contributed by atoms with Crippen LogP contribution >= 0.6 is 0 Å². The number of benzene rings is 1. The average molecular weight is 252 g/mol. The topological polar surface area (TPSA) is 26.7 Å². The summed E-state index contributed by atoms with van der Waals surface area (Å²) in [6.45, 7) is 6.21. The summed E-state index contributed by atoms with van der Waals surface area (Å²) >= 11 is 0. The van der Waals surface area contributed by atoms with Crippen LogP contribution in [0.4, 0.5) is 4.39 Å². The normalized spacial score (nSPS) is 20.6.